The fourth-order valence-electron chi connectivity index (χ4n) is 9.91. The standard InChI is InChI=1S/C47H50N12O6/c1-27-6-4-7-28(2)40(27)51-41-35-24-48-47(52-42(35)54(3)53-41)49-31-10-9-29-15-17-57(25-30(29)22-31)46(65)37-8-5-16-58(37)39(61)26-55-18-20-56(21-19-55)32-11-12-33-34(23-32)45(64)59(44(33)63)36-13-14-38(60)50-43(36)62/h4,6-7,9-12,22-24,36-37H,5,8,13-21,25-26H2,1-3H3,(H,51,53)(H,48,49,52)(H,50,60,62). The highest BCUT2D eigenvalue weighted by molar-refractivity contribution is 6.23. The minimum Gasteiger partial charge on any atom is -0.369 e. The fraction of sp³-hybridized carbons (Fsp3) is 0.383. The van der Waals surface area contributed by atoms with Gasteiger partial charge in [-0.1, -0.05) is 24.3 Å². The van der Waals surface area contributed by atoms with Gasteiger partial charge in [-0.15, -0.1) is 0 Å². The molecule has 5 aromatic rings. The Morgan fingerprint density at radius 3 is 2.40 bits per heavy atom. The fourth-order valence-corrected chi connectivity index (χ4v) is 9.91. The number of hydrogen-bond donors (Lipinski definition) is 3. The highest BCUT2D eigenvalue weighted by atomic mass is 16.2. The smallest absolute Gasteiger partial charge is 0.262 e. The first-order chi connectivity index (χ1) is 31.4. The molecule has 5 aliphatic rings. The van der Waals surface area contributed by atoms with Gasteiger partial charge in [0.15, 0.2) is 11.5 Å². The van der Waals surface area contributed by atoms with Crippen LogP contribution in [0, 0.1) is 13.8 Å². The van der Waals surface area contributed by atoms with E-state index in [1.54, 1.807) is 34.0 Å². The second-order valence-corrected chi connectivity index (χ2v) is 17.6. The maximum absolute atomic E-state index is 14.1. The summed E-state index contributed by atoms with van der Waals surface area (Å²) >= 11 is 0. The molecule has 10 rings (SSSR count). The maximum Gasteiger partial charge on any atom is 0.262 e. The summed E-state index contributed by atoms with van der Waals surface area (Å²) in [6, 6.07) is 15.9. The highest BCUT2D eigenvalue weighted by Crippen LogP contribution is 2.33. The number of benzene rings is 3. The Balaban J connectivity index is 0.740. The number of aromatic nitrogens is 4. The Labute approximate surface area is 374 Å². The Hall–Kier alpha value is -7.21. The van der Waals surface area contributed by atoms with Gasteiger partial charge in [0.05, 0.1) is 23.1 Å². The molecule has 0 spiro atoms. The number of nitrogens with one attached hydrogen (secondary N) is 3. The average molecular weight is 879 g/mol. The summed E-state index contributed by atoms with van der Waals surface area (Å²) in [6.07, 6.45) is 4.03. The van der Waals surface area contributed by atoms with Gasteiger partial charge < -0.3 is 25.3 Å². The van der Waals surface area contributed by atoms with Crippen LogP contribution in [-0.4, -0.2) is 133 Å². The van der Waals surface area contributed by atoms with E-state index in [1.165, 1.54) is 5.56 Å². The number of carbonyl (C=O) groups excluding carboxylic acids is 6. The third-order valence-corrected chi connectivity index (χ3v) is 13.5. The zero-order chi connectivity index (χ0) is 45.1. The molecule has 0 bridgehead atoms. The average Bonchev–Trinajstić information content (AvgIpc) is 3.98. The Morgan fingerprint density at radius 2 is 1.62 bits per heavy atom. The van der Waals surface area contributed by atoms with Crippen molar-refractivity contribution in [3.8, 4) is 0 Å². The maximum atomic E-state index is 14.1. The van der Waals surface area contributed by atoms with Crippen LogP contribution in [0.15, 0.2) is 60.8 Å². The van der Waals surface area contributed by atoms with Crippen LogP contribution in [-0.2, 0) is 39.2 Å². The number of likely N-dealkylation sites (tertiary alicyclic amines) is 1. The molecular formula is C47H50N12O6. The lowest BCUT2D eigenvalue weighted by atomic mass is 9.98. The molecule has 6 amide bonds. The Kier molecular flexibility index (Phi) is 10.8. The first kappa shape index (κ1) is 41.8. The van der Waals surface area contributed by atoms with E-state index in [0.29, 0.717) is 76.1 Å². The summed E-state index contributed by atoms with van der Waals surface area (Å²) in [6.45, 7) is 8.25. The van der Waals surface area contributed by atoms with Crippen molar-refractivity contribution in [1.82, 2.24) is 44.7 Å². The molecule has 65 heavy (non-hydrogen) atoms. The van der Waals surface area contributed by atoms with Crippen LogP contribution in [0.3, 0.4) is 0 Å². The molecule has 3 saturated heterocycles. The number of imide groups is 2. The van der Waals surface area contributed by atoms with Crippen molar-refractivity contribution in [1.29, 1.82) is 0 Å². The third kappa shape index (κ3) is 7.81. The molecule has 5 aliphatic heterocycles. The van der Waals surface area contributed by atoms with E-state index in [1.807, 2.05) is 30.1 Å². The minimum atomic E-state index is -1.02. The first-order valence-electron chi connectivity index (χ1n) is 22.2. The zero-order valence-corrected chi connectivity index (χ0v) is 36.6. The topological polar surface area (TPSA) is 198 Å². The Bertz CT molecular complexity index is 2790. The van der Waals surface area contributed by atoms with E-state index in [-0.39, 0.29) is 42.3 Å². The number of anilines is 5. The van der Waals surface area contributed by atoms with Crippen LogP contribution in [0.1, 0.15) is 68.7 Å². The molecule has 2 unspecified atom stereocenters. The van der Waals surface area contributed by atoms with Gasteiger partial charge in [0.2, 0.25) is 29.6 Å². The number of rotatable bonds is 9. The van der Waals surface area contributed by atoms with Crippen molar-refractivity contribution in [2.75, 3.05) is 61.3 Å². The van der Waals surface area contributed by atoms with Crippen molar-refractivity contribution in [3.63, 3.8) is 0 Å². The summed E-state index contributed by atoms with van der Waals surface area (Å²) in [7, 11) is 1.86. The summed E-state index contributed by atoms with van der Waals surface area (Å²) in [5, 5.41) is 14.6. The second kappa shape index (κ2) is 16.7. The van der Waals surface area contributed by atoms with Gasteiger partial charge in [-0.2, -0.15) is 10.1 Å². The number of piperazine rings is 1. The molecule has 2 atom stereocenters. The predicted octanol–water partition coefficient (Wildman–Crippen LogP) is 3.57. The molecule has 0 saturated carbocycles. The SMILES string of the molecule is Cc1cccc(C)c1Nc1nn(C)c2nc(Nc3ccc4c(c3)CN(C(=O)C3CCCN3C(=O)CN3CCN(c5ccc6c(c5)C(=O)N(C5CCC(=O)NC5=O)C6=O)CC3)CC4)ncc12. The van der Waals surface area contributed by atoms with E-state index in [4.69, 9.17) is 10.1 Å². The largest absolute Gasteiger partial charge is 0.369 e. The van der Waals surface area contributed by atoms with Crippen molar-refractivity contribution in [3.05, 3.63) is 94.2 Å². The monoisotopic (exact) mass is 878 g/mol. The van der Waals surface area contributed by atoms with Gasteiger partial charge in [-0.3, -0.25) is 43.9 Å². The van der Waals surface area contributed by atoms with Crippen LogP contribution in [0.25, 0.3) is 11.0 Å². The molecule has 0 radical (unpaired) electrons. The number of aryl methyl sites for hydroxylation is 3. The van der Waals surface area contributed by atoms with Gasteiger partial charge in [-0.25, -0.2) is 9.67 Å². The number of piperidine rings is 1. The lowest BCUT2D eigenvalue weighted by Crippen LogP contribution is -2.54. The lowest BCUT2D eigenvalue weighted by Gasteiger charge is -2.37. The molecular weight excluding hydrogens is 829 g/mol. The number of carbonyl (C=O) groups is 6. The van der Waals surface area contributed by atoms with Crippen LogP contribution < -0.4 is 20.9 Å². The molecule has 3 N–H and O–H groups in total. The van der Waals surface area contributed by atoms with Gasteiger partial charge >= 0.3 is 0 Å². The first-order valence-corrected chi connectivity index (χ1v) is 22.2. The second-order valence-electron chi connectivity index (χ2n) is 17.6. The number of amides is 6. The van der Waals surface area contributed by atoms with Crippen LogP contribution in [0.5, 0.6) is 0 Å². The molecule has 7 heterocycles. The van der Waals surface area contributed by atoms with Gasteiger partial charge in [0.1, 0.15) is 12.1 Å². The van der Waals surface area contributed by atoms with Crippen LogP contribution >= 0.6 is 0 Å². The van der Waals surface area contributed by atoms with E-state index in [2.05, 4.69) is 62.8 Å². The third-order valence-electron chi connectivity index (χ3n) is 13.5. The molecule has 18 nitrogen and oxygen atoms in total. The molecule has 3 aromatic carbocycles. The zero-order valence-electron chi connectivity index (χ0n) is 36.6. The van der Waals surface area contributed by atoms with E-state index in [0.717, 1.165) is 50.5 Å². The number of hydrogen-bond acceptors (Lipinski definition) is 13. The summed E-state index contributed by atoms with van der Waals surface area (Å²) in [4.78, 5) is 97.0. The van der Waals surface area contributed by atoms with Crippen molar-refractivity contribution in [2.45, 2.75) is 64.6 Å². The van der Waals surface area contributed by atoms with Crippen LogP contribution in [0.4, 0.5) is 28.8 Å². The van der Waals surface area contributed by atoms with Gasteiger partial charge in [-0.05, 0) is 92.1 Å². The number of nitrogens with zero attached hydrogens (tertiary/aromatic N) is 9. The summed E-state index contributed by atoms with van der Waals surface area (Å²) < 4.78 is 1.74. The van der Waals surface area contributed by atoms with E-state index >= 15 is 0 Å². The van der Waals surface area contributed by atoms with Crippen molar-refractivity contribution < 1.29 is 28.8 Å². The quantitative estimate of drug-likeness (QED) is 0.182. The number of fused-ring (bicyclic) bond motifs is 3. The summed E-state index contributed by atoms with van der Waals surface area (Å²) in [5.41, 5.74) is 8.20. The molecule has 2 aromatic heterocycles. The summed E-state index contributed by atoms with van der Waals surface area (Å²) in [5.74, 6) is -1.12. The predicted molar refractivity (Wildman–Crippen MR) is 241 cm³/mol. The van der Waals surface area contributed by atoms with Gasteiger partial charge in [0, 0.05) is 82.5 Å². The minimum absolute atomic E-state index is 0.0270. The van der Waals surface area contributed by atoms with E-state index < -0.39 is 35.7 Å². The van der Waals surface area contributed by atoms with Crippen molar-refractivity contribution >= 4 is 75.3 Å². The molecule has 0 aliphatic carbocycles. The molecule has 18 heteroatoms. The molecule has 334 valence electrons. The normalized spacial score (nSPS) is 20.0. The lowest BCUT2D eigenvalue weighted by molar-refractivity contribution is -0.145. The molecule has 3 fully saturated rings. The highest BCUT2D eigenvalue weighted by Gasteiger charge is 2.45. The number of para-hydroxylation sites is 1. The Morgan fingerprint density at radius 1 is 0.831 bits per heavy atom. The van der Waals surface area contributed by atoms with Gasteiger partial charge in [0.25, 0.3) is 11.8 Å². The van der Waals surface area contributed by atoms with Crippen molar-refractivity contribution in [2.24, 2.45) is 7.05 Å². The van der Waals surface area contributed by atoms with E-state index in [9.17, 15) is 28.8 Å². The van der Waals surface area contributed by atoms with Crippen LogP contribution in [0.2, 0.25) is 0 Å².